The maximum Gasteiger partial charge on any atom is 0.253 e. The zero-order chi connectivity index (χ0) is 17.9. The van der Waals surface area contributed by atoms with Gasteiger partial charge in [0.15, 0.2) is 0 Å². The topological polar surface area (TPSA) is 66.5 Å². The molecule has 0 atom stereocenters. The van der Waals surface area contributed by atoms with Crippen LogP contribution in [0.3, 0.4) is 0 Å². The summed E-state index contributed by atoms with van der Waals surface area (Å²) < 4.78 is 25.4. The van der Waals surface area contributed by atoms with Gasteiger partial charge in [-0.25, -0.2) is 12.7 Å². The fraction of sp³-hybridized carbons (Fsp3) is 0.235. The predicted octanol–water partition coefficient (Wildman–Crippen LogP) is 2.83. The van der Waals surface area contributed by atoms with Gasteiger partial charge in [0.05, 0.1) is 15.5 Å². The highest BCUT2D eigenvalue weighted by Gasteiger charge is 2.20. The van der Waals surface area contributed by atoms with Crippen molar-refractivity contribution < 1.29 is 13.2 Å². The maximum atomic E-state index is 12.4. The van der Waals surface area contributed by atoms with E-state index in [0.717, 1.165) is 15.4 Å². The van der Waals surface area contributed by atoms with Gasteiger partial charge in [0.1, 0.15) is 0 Å². The molecule has 0 aliphatic rings. The molecule has 2 rings (SSSR count). The summed E-state index contributed by atoms with van der Waals surface area (Å²) in [6.45, 7) is 2.32. The molecule has 0 saturated carbocycles. The monoisotopic (exact) mass is 366 g/mol. The van der Waals surface area contributed by atoms with Crippen LogP contribution in [0.1, 0.15) is 21.5 Å². The Hall–Kier alpha value is -1.89. The van der Waals surface area contributed by atoms with Crippen LogP contribution in [0.4, 0.5) is 0 Å². The largest absolute Gasteiger partial charge is 0.348 e. The van der Waals surface area contributed by atoms with Crippen molar-refractivity contribution in [2.75, 3.05) is 14.1 Å². The van der Waals surface area contributed by atoms with Crippen molar-refractivity contribution >= 4 is 27.5 Å². The SMILES string of the molecule is Cc1ccc(CNC(=O)c2cc(S(=O)(=O)N(C)C)ccc2Cl)cc1. The van der Waals surface area contributed by atoms with Crippen LogP contribution in [0.2, 0.25) is 5.02 Å². The van der Waals surface area contributed by atoms with Crippen LogP contribution in [0.5, 0.6) is 0 Å². The number of rotatable bonds is 5. The third kappa shape index (κ3) is 4.14. The molecule has 0 aliphatic carbocycles. The van der Waals surface area contributed by atoms with E-state index in [1.807, 2.05) is 31.2 Å². The first-order valence-electron chi connectivity index (χ1n) is 7.27. The van der Waals surface area contributed by atoms with Crippen LogP contribution in [-0.2, 0) is 16.6 Å². The summed E-state index contributed by atoms with van der Waals surface area (Å²) in [5.74, 6) is -0.420. The van der Waals surface area contributed by atoms with E-state index in [4.69, 9.17) is 11.6 Å². The molecule has 0 fully saturated rings. The zero-order valence-corrected chi connectivity index (χ0v) is 15.3. The second kappa shape index (κ2) is 7.34. The van der Waals surface area contributed by atoms with Gasteiger partial charge >= 0.3 is 0 Å². The van der Waals surface area contributed by atoms with Crippen molar-refractivity contribution in [2.24, 2.45) is 0 Å². The van der Waals surface area contributed by atoms with Gasteiger partial charge < -0.3 is 5.32 Å². The van der Waals surface area contributed by atoms with Crippen LogP contribution in [0.15, 0.2) is 47.4 Å². The van der Waals surface area contributed by atoms with Gasteiger partial charge in [-0.1, -0.05) is 41.4 Å². The first-order valence-corrected chi connectivity index (χ1v) is 9.09. The number of sulfonamides is 1. The number of nitrogens with one attached hydrogen (secondary N) is 1. The number of halogens is 1. The highest BCUT2D eigenvalue weighted by Crippen LogP contribution is 2.22. The molecule has 0 radical (unpaired) electrons. The first-order chi connectivity index (χ1) is 11.2. The molecule has 1 amide bonds. The Morgan fingerprint density at radius 2 is 1.75 bits per heavy atom. The van der Waals surface area contributed by atoms with Gasteiger partial charge in [0, 0.05) is 20.6 Å². The second-order valence-electron chi connectivity index (χ2n) is 5.60. The summed E-state index contributed by atoms with van der Waals surface area (Å²) in [5.41, 5.74) is 2.21. The highest BCUT2D eigenvalue weighted by atomic mass is 35.5. The average molecular weight is 367 g/mol. The molecule has 0 heterocycles. The number of aryl methyl sites for hydroxylation is 1. The zero-order valence-electron chi connectivity index (χ0n) is 13.7. The normalized spacial score (nSPS) is 11.5. The van der Waals surface area contributed by atoms with Gasteiger partial charge in [-0.15, -0.1) is 0 Å². The maximum absolute atomic E-state index is 12.4. The minimum Gasteiger partial charge on any atom is -0.348 e. The summed E-state index contributed by atoms with van der Waals surface area (Å²) >= 11 is 6.05. The van der Waals surface area contributed by atoms with E-state index in [1.54, 1.807) is 0 Å². The summed E-state index contributed by atoms with van der Waals surface area (Å²) in [6.07, 6.45) is 0. The molecule has 7 heteroatoms. The molecule has 2 aromatic rings. The Bertz CT molecular complexity index is 847. The Morgan fingerprint density at radius 1 is 1.12 bits per heavy atom. The minimum absolute atomic E-state index is 0.0254. The molecular weight excluding hydrogens is 348 g/mol. The lowest BCUT2D eigenvalue weighted by atomic mass is 10.1. The second-order valence-corrected chi connectivity index (χ2v) is 8.16. The molecule has 0 saturated heterocycles. The third-order valence-electron chi connectivity index (χ3n) is 3.53. The number of nitrogens with zero attached hydrogens (tertiary/aromatic N) is 1. The Kier molecular flexibility index (Phi) is 5.64. The molecule has 0 aliphatic heterocycles. The van der Waals surface area contributed by atoms with E-state index >= 15 is 0 Å². The Morgan fingerprint density at radius 3 is 2.33 bits per heavy atom. The molecule has 24 heavy (non-hydrogen) atoms. The first kappa shape index (κ1) is 18.4. The fourth-order valence-electron chi connectivity index (χ4n) is 2.03. The molecule has 0 bridgehead atoms. The van der Waals surface area contributed by atoms with Crippen molar-refractivity contribution in [3.05, 3.63) is 64.2 Å². The number of hydrogen-bond acceptors (Lipinski definition) is 3. The van der Waals surface area contributed by atoms with Crippen molar-refractivity contribution in [3.8, 4) is 0 Å². The molecule has 2 aromatic carbocycles. The lowest BCUT2D eigenvalue weighted by Crippen LogP contribution is -2.25. The number of carbonyl (C=O) groups is 1. The van der Waals surface area contributed by atoms with Crippen molar-refractivity contribution in [2.45, 2.75) is 18.4 Å². The van der Waals surface area contributed by atoms with Gasteiger partial charge in [-0.05, 0) is 30.7 Å². The lowest BCUT2D eigenvalue weighted by Gasteiger charge is -2.13. The smallest absolute Gasteiger partial charge is 0.253 e. The molecule has 5 nitrogen and oxygen atoms in total. The molecule has 0 aromatic heterocycles. The predicted molar refractivity (Wildman–Crippen MR) is 94.7 cm³/mol. The summed E-state index contributed by atoms with van der Waals surface area (Å²) in [6, 6.07) is 11.8. The van der Waals surface area contributed by atoms with Gasteiger partial charge in [0.25, 0.3) is 5.91 Å². The Labute approximate surface area is 147 Å². The summed E-state index contributed by atoms with van der Waals surface area (Å²) in [7, 11) is -0.764. The van der Waals surface area contributed by atoms with Gasteiger partial charge in [-0.2, -0.15) is 0 Å². The van der Waals surface area contributed by atoms with Crippen molar-refractivity contribution in [1.82, 2.24) is 9.62 Å². The van der Waals surface area contributed by atoms with Crippen molar-refractivity contribution in [1.29, 1.82) is 0 Å². The molecule has 0 spiro atoms. The molecule has 128 valence electrons. The number of benzene rings is 2. The van der Waals surface area contributed by atoms with E-state index in [0.29, 0.717) is 6.54 Å². The third-order valence-corrected chi connectivity index (χ3v) is 5.68. The molecule has 1 N–H and O–H groups in total. The molecule has 0 unspecified atom stereocenters. The summed E-state index contributed by atoms with van der Waals surface area (Å²) in [5, 5.41) is 2.95. The van der Waals surface area contributed by atoms with Crippen molar-refractivity contribution in [3.63, 3.8) is 0 Å². The highest BCUT2D eigenvalue weighted by molar-refractivity contribution is 7.89. The fourth-order valence-corrected chi connectivity index (χ4v) is 3.16. The number of amides is 1. The standard InChI is InChI=1S/C17H19ClN2O3S/c1-12-4-6-13(7-5-12)11-19-17(21)15-10-14(8-9-16(15)18)24(22,23)20(2)3/h4-10H,11H2,1-3H3,(H,19,21). The number of carbonyl (C=O) groups excluding carboxylic acids is 1. The van der Waals surface area contributed by atoms with E-state index < -0.39 is 15.9 Å². The molecular formula is C17H19ClN2O3S. The summed E-state index contributed by atoms with van der Waals surface area (Å²) in [4.78, 5) is 12.4. The van der Waals surface area contributed by atoms with E-state index in [2.05, 4.69) is 5.32 Å². The Balaban J connectivity index is 2.21. The van der Waals surface area contributed by atoms with Crippen LogP contribution in [0.25, 0.3) is 0 Å². The number of hydrogen-bond donors (Lipinski definition) is 1. The minimum atomic E-state index is -3.63. The van der Waals surface area contributed by atoms with Crippen LogP contribution < -0.4 is 5.32 Å². The van der Waals surface area contributed by atoms with Gasteiger partial charge in [-0.3, -0.25) is 4.79 Å². The van der Waals surface area contributed by atoms with E-state index in [-0.39, 0.29) is 15.5 Å². The van der Waals surface area contributed by atoms with Crippen LogP contribution >= 0.6 is 11.6 Å². The quantitative estimate of drug-likeness (QED) is 0.884. The lowest BCUT2D eigenvalue weighted by molar-refractivity contribution is 0.0951. The van der Waals surface area contributed by atoms with E-state index in [1.165, 1.54) is 32.3 Å². The van der Waals surface area contributed by atoms with Crippen LogP contribution in [0, 0.1) is 6.92 Å². The van der Waals surface area contributed by atoms with Gasteiger partial charge in [0.2, 0.25) is 10.0 Å². The average Bonchev–Trinajstić information content (AvgIpc) is 2.54. The van der Waals surface area contributed by atoms with E-state index in [9.17, 15) is 13.2 Å². The van der Waals surface area contributed by atoms with Crippen LogP contribution in [-0.4, -0.2) is 32.7 Å².